The average molecular weight is 395 g/mol. The molecular formula is C21H25N5O3. The molecule has 2 fully saturated rings. The zero-order valence-corrected chi connectivity index (χ0v) is 16.5. The van der Waals surface area contributed by atoms with Crippen molar-refractivity contribution in [2.24, 2.45) is 11.8 Å². The number of nitrogens with one attached hydrogen (secondary N) is 1. The lowest BCUT2D eigenvalue weighted by molar-refractivity contribution is -0.140. The van der Waals surface area contributed by atoms with Crippen LogP contribution in [0, 0.1) is 11.8 Å². The molecule has 8 nitrogen and oxygen atoms in total. The number of amides is 3. The monoisotopic (exact) mass is 395 g/mol. The van der Waals surface area contributed by atoms with Crippen LogP contribution in [-0.4, -0.2) is 43.9 Å². The Bertz CT molecular complexity index is 870. The zero-order chi connectivity index (χ0) is 20.4. The van der Waals surface area contributed by atoms with Gasteiger partial charge in [-0.25, -0.2) is 9.67 Å². The Labute approximate surface area is 169 Å². The summed E-state index contributed by atoms with van der Waals surface area (Å²) < 4.78 is 1.66. The molecule has 1 N–H and O–H groups in total. The number of carbonyl (C=O) groups is 3. The highest BCUT2D eigenvalue weighted by Gasteiger charge is 2.47. The third-order valence-corrected chi connectivity index (χ3v) is 5.95. The van der Waals surface area contributed by atoms with E-state index in [1.54, 1.807) is 11.0 Å². The van der Waals surface area contributed by atoms with Gasteiger partial charge in [0.25, 0.3) is 0 Å². The van der Waals surface area contributed by atoms with Gasteiger partial charge in [-0.05, 0) is 37.5 Å². The Morgan fingerprint density at radius 3 is 2.38 bits per heavy atom. The van der Waals surface area contributed by atoms with Gasteiger partial charge in [-0.3, -0.25) is 19.3 Å². The van der Waals surface area contributed by atoms with E-state index in [1.165, 1.54) is 11.2 Å². The van der Waals surface area contributed by atoms with Crippen LogP contribution in [0.5, 0.6) is 0 Å². The van der Waals surface area contributed by atoms with Crippen molar-refractivity contribution in [2.75, 3.05) is 6.54 Å². The van der Waals surface area contributed by atoms with Gasteiger partial charge in [-0.1, -0.05) is 25.0 Å². The summed E-state index contributed by atoms with van der Waals surface area (Å²) in [5, 5.41) is 7.03. The van der Waals surface area contributed by atoms with Gasteiger partial charge < -0.3 is 5.32 Å². The summed E-state index contributed by atoms with van der Waals surface area (Å²) in [6.07, 6.45) is 6.81. The highest BCUT2D eigenvalue weighted by molar-refractivity contribution is 6.05. The van der Waals surface area contributed by atoms with Gasteiger partial charge in [0.05, 0.1) is 23.6 Å². The van der Waals surface area contributed by atoms with Crippen molar-refractivity contribution in [3.8, 4) is 5.69 Å². The van der Waals surface area contributed by atoms with Crippen molar-refractivity contribution in [1.29, 1.82) is 0 Å². The minimum Gasteiger partial charge on any atom is -0.350 e. The number of carbonyl (C=O) groups excluding carboxylic acids is 3. The topological polar surface area (TPSA) is 97.2 Å². The normalized spacial score (nSPS) is 22.4. The second kappa shape index (κ2) is 8.14. The first-order chi connectivity index (χ1) is 14.0. The molecule has 1 saturated carbocycles. The molecule has 1 saturated heterocycles. The lowest BCUT2D eigenvalue weighted by Crippen LogP contribution is -2.36. The maximum absolute atomic E-state index is 12.5. The maximum atomic E-state index is 12.5. The predicted molar refractivity (Wildman–Crippen MR) is 105 cm³/mol. The molecule has 4 rings (SSSR count). The number of hydrogen-bond acceptors (Lipinski definition) is 5. The average Bonchev–Trinajstić information content (AvgIpc) is 3.35. The second-order valence-corrected chi connectivity index (χ2v) is 7.80. The molecule has 1 aromatic heterocycles. The Morgan fingerprint density at radius 1 is 1.14 bits per heavy atom. The van der Waals surface area contributed by atoms with Crippen molar-refractivity contribution in [3.63, 3.8) is 0 Å². The van der Waals surface area contributed by atoms with Gasteiger partial charge in [0.2, 0.25) is 17.7 Å². The van der Waals surface area contributed by atoms with E-state index in [1.807, 2.05) is 31.2 Å². The molecule has 1 aromatic carbocycles. The van der Waals surface area contributed by atoms with Gasteiger partial charge in [0, 0.05) is 13.0 Å². The van der Waals surface area contributed by atoms with Crippen LogP contribution in [0.1, 0.15) is 50.6 Å². The molecule has 3 amide bonds. The predicted octanol–water partition coefficient (Wildman–Crippen LogP) is 2.01. The molecule has 1 aliphatic carbocycles. The molecule has 1 aliphatic heterocycles. The fraction of sp³-hybridized carbons (Fsp3) is 0.476. The third-order valence-electron chi connectivity index (χ3n) is 5.95. The molecule has 0 bridgehead atoms. The quantitative estimate of drug-likeness (QED) is 0.755. The van der Waals surface area contributed by atoms with Crippen molar-refractivity contribution >= 4 is 17.7 Å². The lowest BCUT2D eigenvalue weighted by Gasteiger charge is -2.19. The third kappa shape index (κ3) is 3.92. The van der Waals surface area contributed by atoms with Crippen LogP contribution in [-0.2, 0) is 14.4 Å². The molecule has 152 valence electrons. The SMILES string of the molecule is CC(NC(=O)CCN1C(=O)C2CCCCC2C1=O)c1ccc(-n2cncn2)cc1. The van der Waals surface area contributed by atoms with E-state index >= 15 is 0 Å². The van der Waals surface area contributed by atoms with Gasteiger partial charge >= 0.3 is 0 Å². The Morgan fingerprint density at radius 2 is 1.79 bits per heavy atom. The minimum absolute atomic E-state index is 0.0933. The highest BCUT2D eigenvalue weighted by Crippen LogP contribution is 2.37. The fourth-order valence-electron chi connectivity index (χ4n) is 4.32. The molecule has 3 unspecified atom stereocenters. The molecular weight excluding hydrogens is 370 g/mol. The van der Waals surface area contributed by atoms with E-state index in [-0.39, 0.29) is 48.6 Å². The summed E-state index contributed by atoms with van der Waals surface area (Å²) in [5.74, 6) is -0.690. The van der Waals surface area contributed by atoms with Crippen LogP contribution in [0.2, 0.25) is 0 Å². The summed E-state index contributed by atoms with van der Waals surface area (Å²) in [7, 11) is 0. The largest absolute Gasteiger partial charge is 0.350 e. The Kier molecular flexibility index (Phi) is 5.42. The standard InChI is InChI=1S/C21H25N5O3/c1-14(15-6-8-16(9-7-15)26-13-22-12-23-26)24-19(27)10-11-25-20(28)17-4-2-3-5-18(17)21(25)29/h6-9,12-14,17-18H,2-5,10-11H2,1H3,(H,24,27). The van der Waals surface area contributed by atoms with Crippen LogP contribution >= 0.6 is 0 Å². The lowest BCUT2D eigenvalue weighted by atomic mass is 9.81. The van der Waals surface area contributed by atoms with Gasteiger partial charge in [-0.2, -0.15) is 5.10 Å². The zero-order valence-electron chi connectivity index (χ0n) is 16.5. The van der Waals surface area contributed by atoms with Crippen LogP contribution in [0.15, 0.2) is 36.9 Å². The molecule has 3 atom stereocenters. The van der Waals surface area contributed by atoms with E-state index in [9.17, 15) is 14.4 Å². The summed E-state index contributed by atoms with van der Waals surface area (Å²) in [5.41, 5.74) is 1.85. The Hall–Kier alpha value is -3.03. The number of aromatic nitrogens is 3. The number of benzene rings is 1. The summed E-state index contributed by atoms with van der Waals surface area (Å²) in [6, 6.07) is 7.51. The number of fused-ring (bicyclic) bond motifs is 1. The van der Waals surface area contributed by atoms with Gasteiger partial charge in [-0.15, -0.1) is 0 Å². The smallest absolute Gasteiger partial charge is 0.233 e. The van der Waals surface area contributed by atoms with E-state index in [2.05, 4.69) is 15.4 Å². The van der Waals surface area contributed by atoms with Crippen molar-refractivity contribution in [3.05, 3.63) is 42.5 Å². The van der Waals surface area contributed by atoms with Crippen LogP contribution in [0.4, 0.5) is 0 Å². The highest BCUT2D eigenvalue weighted by atomic mass is 16.2. The summed E-state index contributed by atoms with van der Waals surface area (Å²) in [4.78, 5) is 42.6. The second-order valence-electron chi connectivity index (χ2n) is 7.80. The number of nitrogens with zero attached hydrogens (tertiary/aromatic N) is 4. The van der Waals surface area contributed by atoms with Gasteiger partial charge in [0.15, 0.2) is 0 Å². The molecule has 2 heterocycles. The molecule has 0 spiro atoms. The van der Waals surface area contributed by atoms with Crippen molar-refractivity contribution in [2.45, 2.75) is 45.1 Å². The minimum atomic E-state index is -0.181. The maximum Gasteiger partial charge on any atom is 0.233 e. The van der Waals surface area contributed by atoms with Crippen LogP contribution < -0.4 is 5.32 Å². The summed E-state index contributed by atoms with van der Waals surface area (Å²) in [6.45, 7) is 2.07. The first kappa shape index (κ1) is 19.3. The van der Waals surface area contributed by atoms with E-state index in [0.717, 1.165) is 36.9 Å². The first-order valence-electron chi connectivity index (χ1n) is 10.1. The fourth-order valence-corrected chi connectivity index (χ4v) is 4.32. The van der Waals surface area contributed by atoms with Crippen molar-refractivity contribution < 1.29 is 14.4 Å². The molecule has 8 heteroatoms. The Balaban J connectivity index is 1.30. The number of rotatable bonds is 6. The van der Waals surface area contributed by atoms with Crippen molar-refractivity contribution in [1.82, 2.24) is 25.0 Å². The molecule has 29 heavy (non-hydrogen) atoms. The number of hydrogen-bond donors (Lipinski definition) is 1. The number of likely N-dealkylation sites (tertiary alicyclic amines) is 1. The first-order valence-corrected chi connectivity index (χ1v) is 10.1. The van der Waals surface area contributed by atoms with E-state index < -0.39 is 0 Å². The van der Waals surface area contributed by atoms with Crippen LogP contribution in [0.25, 0.3) is 5.69 Å². The molecule has 2 aliphatic rings. The van der Waals surface area contributed by atoms with E-state index in [4.69, 9.17) is 0 Å². The van der Waals surface area contributed by atoms with Crippen LogP contribution in [0.3, 0.4) is 0 Å². The number of imide groups is 1. The summed E-state index contributed by atoms with van der Waals surface area (Å²) >= 11 is 0. The van der Waals surface area contributed by atoms with Gasteiger partial charge in [0.1, 0.15) is 12.7 Å². The molecule has 0 radical (unpaired) electrons. The van der Waals surface area contributed by atoms with E-state index in [0.29, 0.717) is 0 Å². The molecule has 2 aromatic rings.